The van der Waals surface area contributed by atoms with Crippen molar-refractivity contribution in [2.45, 2.75) is 25.6 Å². The van der Waals surface area contributed by atoms with Gasteiger partial charge in [0, 0.05) is 30.8 Å². The molecule has 0 radical (unpaired) electrons. The van der Waals surface area contributed by atoms with E-state index >= 15 is 0 Å². The molecule has 0 spiro atoms. The van der Waals surface area contributed by atoms with Gasteiger partial charge in [0.25, 0.3) is 0 Å². The van der Waals surface area contributed by atoms with E-state index in [4.69, 9.17) is 19.9 Å². The van der Waals surface area contributed by atoms with Crippen LogP contribution in [-0.4, -0.2) is 33.4 Å². The van der Waals surface area contributed by atoms with Crippen LogP contribution in [0.15, 0.2) is 42.5 Å². The van der Waals surface area contributed by atoms with Crippen LogP contribution in [0.5, 0.6) is 5.75 Å². The van der Waals surface area contributed by atoms with Gasteiger partial charge < -0.3 is 19.9 Å². The van der Waals surface area contributed by atoms with E-state index in [1.54, 1.807) is 38.5 Å². The predicted octanol–water partition coefficient (Wildman–Crippen LogP) is 3.40. The molecule has 2 rings (SSSR count). The molecule has 2 aromatic rings. The number of nitrogens with two attached hydrogens (primary N) is 1. The van der Waals surface area contributed by atoms with Crippen LogP contribution < -0.4 is 10.5 Å². The molecule has 0 aliphatic carbocycles. The molecule has 2 N–H and O–H groups in total. The van der Waals surface area contributed by atoms with Gasteiger partial charge in [0.2, 0.25) is 0 Å². The average molecular weight is 343 g/mol. The number of rotatable bonds is 7. The fourth-order valence-corrected chi connectivity index (χ4v) is 2.96. The number of methoxy groups -OCH3 is 3. The van der Waals surface area contributed by atoms with Crippen LogP contribution >= 0.6 is 0 Å². The molecule has 0 bridgehead atoms. The monoisotopic (exact) mass is 343 g/mol. The van der Waals surface area contributed by atoms with Crippen molar-refractivity contribution in [3.8, 4) is 5.75 Å². The second-order valence-corrected chi connectivity index (χ2v) is 6.36. The molecule has 5 nitrogen and oxygen atoms in total. The van der Waals surface area contributed by atoms with Gasteiger partial charge in [-0.3, -0.25) is 4.79 Å². The maximum atomic E-state index is 12.9. The van der Waals surface area contributed by atoms with E-state index in [1.807, 2.05) is 32.0 Å². The second kappa shape index (κ2) is 7.68. The van der Waals surface area contributed by atoms with Gasteiger partial charge in [0.05, 0.1) is 12.8 Å². The molecule has 0 aliphatic rings. The lowest BCUT2D eigenvalue weighted by Gasteiger charge is -2.32. The second-order valence-electron chi connectivity index (χ2n) is 6.36. The molecule has 0 heterocycles. The van der Waals surface area contributed by atoms with Crippen LogP contribution in [0.4, 0.5) is 5.69 Å². The summed E-state index contributed by atoms with van der Waals surface area (Å²) in [7, 11) is 4.72. The Bertz CT molecular complexity index is 751. The smallest absolute Gasteiger partial charge is 0.195 e. The fraction of sp³-hybridized carbons (Fsp3) is 0.350. The van der Waals surface area contributed by atoms with E-state index in [2.05, 4.69) is 0 Å². The third-order valence-electron chi connectivity index (χ3n) is 4.42. The van der Waals surface area contributed by atoms with Gasteiger partial charge in [-0.05, 0) is 23.8 Å². The Kier molecular flexibility index (Phi) is 5.82. The van der Waals surface area contributed by atoms with Gasteiger partial charge in [-0.1, -0.05) is 38.1 Å². The summed E-state index contributed by atoms with van der Waals surface area (Å²) in [5, 5.41) is 0. The number of ether oxygens (including phenoxy) is 3. The Morgan fingerprint density at radius 3 is 2.28 bits per heavy atom. The first-order valence-electron chi connectivity index (χ1n) is 8.00. The summed E-state index contributed by atoms with van der Waals surface area (Å²) in [6.45, 7) is 4.02. The molecule has 0 unspecified atom stereocenters. The highest BCUT2D eigenvalue weighted by Gasteiger charge is 2.32. The zero-order valence-electron chi connectivity index (χ0n) is 15.3. The largest absolute Gasteiger partial charge is 0.495 e. The minimum absolute atomic E-state index is 0.152. The number of carbonyl (C=O) groups is 1. The SMILES string of the molecule is COc1cccc(C(=O)c2cccc(C(C)(C)C(OC)OC)c2)c1N. The Balaban J connectivity index is 2.44. The summed E-state index contributed by atoms with van der Waals surface area (Å²) in [6, 6.07) is 12.6. The van der Waals surface area contributed by atoms with Gasteiger partial charge in [-0.25, -0.2) is 0 Å². The van der Waals surface area contributed by atoms with Crippen LogP contribution in [-0.2, 0) is 14.9 Å². The molecular weight excluding hydrogens is 318 g/mol. The highest BCUT2D eigenvalue weighted by Crippen LogP contribution is 2.31. The molecule has 25 heavy (non-hydrogen) atoms. The van der Waals surface area contributed by atoms with Crippen LogP contribution in [0.2, 0.25) is 0 Å². The summed E-state index contributed by atoms with van der Waals surface area (Å²) in [5.74, 6) is 0.335. The van der Waals surface area contributed by atoms with Crippen molar-refractivity contribution in [1.82, 2.24) is 0 Å². The fourth-order valence-electron chi connectivity index (χ4n) is 2.96. The van der Waals surface area contributed by atoms with E-state index in [0.29, 0.717) is 22.6 Å². The number of carbonyl (C=O) groups excluding carboxylic acids is 1. The summed E-state index contributed by atoms with van der Waals surface area (Å²) in [5.41, 5.74) is 7.88. The molecule has 0 atom stereocenters. The number of hydrogen-bond acceptors (Lipinski definition) is 5. The minimum Gasteiger partial charge on any atom is -0.495 e. The van der Waals surface area contributed by atoms with Crippen molar-refractivity contribution in [3.63, 3.8) is 0 Å². The summed E-state index contributed by atoms with van der Waals surface area (Å²) in [4.78, 5) is 12.9. The van der Waals surface area contributed by atoms with Gasteiger partial charge in [0.1, 0.15) is 5.75 Å². The van der Waals surface area contributed by atoms with Crippen molar-refractivity contribution >= 4 is 11.5 Å². The zero-order valence-corrected chi connectivity index (χ0v) is 15.3. The zero-order chi connectivity index (χ0) is 18.6. The maximum Gasteiger partial charge on any atom is 0.195 e. The van der Waals surface area contributed by atoms with Gasteiger partial charge in [0.15, 0.2) is 12.1 Å². The highest BCUT2D eigenvalue weighted by molar-refractivity contribution is 6.12. The minimum atomic E-state index is -0.431. The summed E-state index contributed by atoms with van der Waals surface area (Å²) >= 11 is 0. The molecule has 0 saturated carbocycles. The number of hydrogen-bond donors (Lipinski definition) is 1. The summed E-state index contributed by atoms with van der Waals surface area (Å²) in [6.07, 6.45) is -0.431. The first-order valence-corrected chi connectivity index (χ1v) is 8.00. The molecule has 0 amide bonds. The van der Waals surface area contributed by atoms with Crippen molar-refractivity contribution in [1.29, 1.82) is 0 Å². The number of nitrogen functional groups attached to an aromatic ring is 1. The molecule has 2 aromatic carbocycles. The van der Waals surface area contributed by atoms with Gasteiger partial charge in [-0.2, -0.15) is 0 Å². The van der Waals surface area contributed by atoms with Gasteiger partial charge in [-0.15, -0.1) is 0 Å². The van der Waals surface area contributed by atoms with Crippen LogP contribution in [0.1, 0.15) is 35.3 Å². The quantitative estimate of drug-likeness (QED) is 0.474. The molecule has 0 aromatic heterocycles. The lowest BCUT2D eigenvalue weighted by molar-refractivity contribution is -0.141. The highest BCUT2D eigenvalue weighted by atomic mass is 16.7. The molecular formula is C20H25NO4. The van der Waals surface area contributed by atoms with Gasteiger partial charge >= 0.3 is 0 Å². The van der Waals surface area contributed by atoms with E-state index in [9.17, 15) is 4.79 Å². The first kappa shape index (κ1) is 19.0. The third-order valence-corrected chi connectivity index (χ3v) is 4.42. The topological polar surface area (TPSA) is 70.8 Å². The van der Waals surface area contributed by atoms with E-state index in [1.165, 1.54) is 7.11 Å². The Hall–Kier alpha value is -2.37. The van der Waals surface area contributed by atoms with Crippen molar-refractivity contribution in [2.75, 3.05) is 27.1 Å². The summed E-state index contributed by atoms with van der Waals surface area (Å²) < 4.78 is 16.0. The third kappa shape index (κ3) is 3.67. The maximum absolute atomic E-state index is 12.9. The molecule has 134 valence electrons. The number of ketones is 1. The lowest BCUT2D eigenvalue weighted by atomic mass is 9.82. The van der Waals surface area contributed by atoms with Crippen LogP contribution in [0, 0.1) is 0 Å². The van der Waals surface area contributed by atoms with Crippen molar-refractivity contribution in [3.05, 3.63) is 59.2 Å². The molecule has 0 fully saturated rings. The lowest BCUT2D eigenvalue weighted by Crippen LogP contribution is -2.36. The van der Waals surface area contributed by atoms with E-state index < -0.39 is 11.7 Å². The van der Waals surface area contributed by atoms with Crippen molar-refractivity contribution in [2.24, 2.45) is 0 Å². The predicted molar refractivity (Wildman–Crippen MR) is 98.1 cm³/mol. The standard InChI is InChI=1S/C20H25NO4/c1-20(2,19(24-4)25-5)14-9-6-8-13(12-14)18(22)15-10-7-11-16(23-3)17(15)21/h6-12,19H,21H2,1-5H3. The number of benzene rings is 2. The van der Waals surface area contributed by atoms with Crippen LogP contribution in [0.3, 0.4) is 0 Å². The number of para-hydroxylation sites is 1. The molecule has 5 heteroatoms. The molecule has 0 aliphatic heterocycles. The Morgan fingerprint density at radius 2 is 1.68 bits per heavy atom. The molecule has 0 saturated heterocycles. The Morgan fingerprint density at radius 1 is 1.04 bits per heavy atom. The first-order chi connectivity index (χ1) is 11.9. The number of anilines is 1. The Labute approximate surface area is 148 Å². The average Bonchev–Trinajstić information content (AvgIpc) is 2.62. The van der Waals surface area contributed by atoms with Crippen molar-refractivity contribution < 1.29 is 19.0 Å². The van der Waals surface area contributed by atoms with Crippen LogP contribution in [0.25, 0.3) is 0 Å². The normalized spacial score (nSPS) is 11.6. The van der Waals surface area contributed by atoms with E-state index in [0.717, 1.165) is 5.56 Å². The van der Waals surface area contributed by atoms with E-state index in [-0.39, 0.29) is 5.78 Å².